The molecule has 8 nitrogen and oxygen atoms in total. The highest BCUT2D eigenvalue weighted by molar-refractivity contribution is 6.11. The standard InChI is InChI=1S/C24H19N3O5/c1-3-32-24(29)19-12-22(23(28)16-8-10-17(11-9-16)27(30)31)26-14-25-20(13-21(19)26)18-7-5-4-6-15(18)2/h4-14H,3H2,1-2H3. The Hall–Kier alpha value is -4.33. The average Bonchev–Trinajstić information content (AvgIpc) is 3.18. The number of nitro groups is 1. The summed E-state index contributed by atoms with van der Waals surface area (Å²) in [5, 5.41) is 10.9. The molecule has 0 saturated heterocycles. The molecule has 0 N–H and O–H groups in total. The number of non-ortho nitro benzene ring substituents is 1. The number of nitro benzene ring substituents is 1. The van der Waals surface area contributed by atoms with E-state index in [4.69, 9.17) is 4.74 Å². The SMILES string of the molecule is CCOC(=O)c1cc(C(=O)c2ccc([N+](=O)[O-])cc2)n2cnc(-c3ccccc3C)cc12. The van der Waals surface area contributed by atoms with Crippen LogP contribution < -0.4 is 0 Å². The fourth-order valence-electron chi connectivity index (χ4n) is 3.54. The molecule has 0 atom stereocenters. The molecule has 0 aliphatic heterocycles. The molecule has 2 aromatic heterocycles. The monoisotopic (exact) mass is 429 g/mol. The number of nitrogens with zero attached hydrogens (tertiary/aromatic N) is 3. The van der Waals surface area contributed by atoms with Crippen molar-refractivity contribution in [1.82, 2.24) is 9.38 Å². The molecule has 0 bridgehead atoms. The van der Waals surface area contributed by atoms with E-state index in [2.05, 4.69) is 4.98 Å². The molecular weight excluding hydrogens is 410 g/mol. The van der Waals surface area contributed by atoms with Gasteiger partial charge in [-0.25, -0.2) is 9.78 Å². The van der Waals surface area contributed by atoms with Gasteiger partial charge >= 0.3 is 5.97 Å². The predicted molar refractivity (Wildman–Crippen MR) is 118 cm³/mol. The number of carbonyl (C=O) groups is 2. The first-order valence-electron chi connectivity index (χ1n) is 9.94. The molecule has 0 fully saturated rings. The summed E-state index contributed by atoms with van der Waals surface area (Å²) in [5.41, 5.74) is 3.68. The van der Waals surface area contributed by atoms with Crippen LogP contribution in [0.15, 0.2) is 67.0 Å². The smallest absolute Gasteiger partial charge is 0.340 e. The fourth-order valence-corrected chi connectivity index (χ4v) is 3.54. The topological polar surface area (TPSA) is 104 Å². The third kappa shape index (κ3) is 3.74. The Labute approximate surface area is 183 Å². The summed E-state index contributed by atoms with van der Waals surface area (Å²) < 4.78 is 6.73. The lowest BCUT2D eigenvalue weighted by atomic mass is 10.1. The number of hydrogen-bond donors (Lipinski definition) is 0. The van der Waals surface area contributed by atoms with Crippen molar-refractivity contribution in [2.75, 3.05) is 6.61 Å². The Morgan fingerprint density at radius 2 is 1.81 bits per heavy atom. The minimum absolute atomic E-state index is 0.113. The number of ketones is 1. The van der Waals surface area contributed by atoms with Crippen LogP contribution in [0.5, 0.6) is 0 Å². The second kappa shape index (κ2) is 8.43. The summed E-state index contributed by atoms with van der Waals surface area (Å²) in [6, 6.07) is 16.3. The Morgan fingerprint density at radius 1 is 1.09 bits per heavy atom. The van der Waals surface area contributed by atoms with Gasteiger partial charge < -0.3 is 4.74 Å². The van der Waals surface area contributed by atoms with Crippen LogP contribution in [0.4, 0.5) is 5.69 Å². The maximum atomic E-state index is 13.2. The minimum atomic E-state index is -0.547. The number of ether oxygens (including phenoxy) is 1. The predicted octanol–water partition coefficient (Wildman–Crippen LogP) is 4.63. The lowest BCUT2D eigenvalue weighted by molar-refractivity contribution is -0.384. The van der Waals surface area contributed by atoms with Crippen molar-refractivity contribution >= 4 is 23.0 Å². The summed E-state index contributed by atoms with van der Waals surface area (Å²) in [7, 11) is 0. The third-order valence-corrected chi connectivity index (χ3v) is 5.15. The van der Waals surface area contributed by atoms with Gasteiger partial charge in [-0.15, -0.1) is 0 Å². The van der Waals surface area contributed by atoms with Crippen molar-refractivity contribution in [3.63, 3.8) is 0 Å². The Morgan fingerprint density at radius 3 is 2.47 bits per heavy atom. The van der Waals surface area contributed by atoms with Gasteiger partial charge in [0.1, 0.15) is 6.33 Å². The first-order valence-corrected chi connectivity index (χ1v) is 9.94. The normalized spacial score (nSPS) is 10.8. The Kier molecular flexibility index (Phi) is 5.51. The third-order valence-electron chi connectivity index (χ3n) is 5.15. The molecule has 2 aromatic carbocycles. The molecule has 0 aliphatic carbocycles. The van der Waals surface area contributed by atoms with Crippen LogP contribution in [-0.2, 0) is 4.74 Å². The molecule has 0 saturated carbocycles. The van der Waals surface area contributed by atoms with E-state index < -0.39 is 16.7 Å². The van der Waals surface area contributed by atoms with Crippen LogP contribution in [0.3, 0.4) is 0 Å². The second-order valence-electron chi connectivity index (χ2n) is 7.14. The van der Waals surface area contributed by atoms with E-state index in [1.54, 1.807) is 13.0 Å². The number of carbonyl (C=O) groups excluding carboxylic acids is 2. The molecule has 160 valence electrons. The summed E-state index contributed by atoms with van der Waals surface area (Å²) >= 11 is 0. The molecule has 8 heteroatoms. The zero-order valence-electron chi connectivity index (χ0n) is 17.4. The highest BCUT2D eigenvalue weighted by atomic mass is 16.6. The van der Waals surface area contributed by atoms with Crippen molar-refractivity contribution < 1.29 is 19.2 Å². The van der Waals surface area contributed by atoms with Crippen molar-refractivity contribution in [2.45, 2.75) is 13.8 Å². The van der Waals surface area contributed by atoms with Crippen molar-refractivity contribution in [3.8, 4) is 11.3 Å². The number of benzene rings is 2. The highest BCUT2D eigenvalue weighted by Gasteiger charge is 2.23. The van der Waals surface area contributed by atoms with Gasteiger partial charge in [-0.05, 0) is 43.7 Å². The zero-order chi connectivity index (χ0) is 22.8. The lowest BCUT2D eigenvalue weighted by Gasteiger charge is -2.08. The number of rotatable bonds is 6. The minimum Gasteiger partial charge on any atom is -0.462 e. The van der Waals surface area contributed by atoms with Crippen LogP contribution in [0.2, 0.25) is 0 Å². The molecule has 0 spiro atoms. The molecule has 0 aliphatic rings. The molecule has 0 unspecified atom stereocenters. The zero-order valence-corrected chi connectivity index (χ0v) is 17.4. The van der Waals surface area contributed by atoms with Crippen LogP contribution in [-0.4, -0.2) is 32.7 Å². The molecule has 2 heterocycles. The van der Waals surface area contributed by atoms with E-state index in [1.165, 1.54) is 41.1 Å². The van der Waals surface area contributed by atoms with Crippen LogP contribution in [0, 0.1) is 17.0 Å². The lowest BCUT2D eigenvalue weighted by Crippen LogP contribution is -2.06. The van der Waals surface area contributed by atoms with E-state index in [-0.39, 0.29) is 29.1 Å². The quantitative estimate of drug-likeness (QED) is 0.192. The fraction of sp³-hybridized carbons (Fsp3) is 0.125. The van der Waals surface area contributed by atoms with E-state index in [9.17, 15) is 19.7 Å². The molecule has 32 heavy (non-hydrogen) atoms. The second-order valence-corrected chi connectivity index (χ2v) is 7.14. The molecular formula is C24H19N3O5. The Balaban J connectivity index is 1.86. The van der Waals surface area contributed by atoms with Gasteiger partial charge in [0.2, 0.25) is 5.78 Å². The maximum Gasteiger partial charge on any atom is 0.340 e. The van der Waals surface area contributed by atoms with Gasteiger partial charge in [0, 0.05) is 23.3 Å². The summed E-state index contributed by atoms with van der Waals surface area (Å²) in [4.78, 5) is 40.7. The number of aryl methyl sites for hydroxylation is 1. The highest BCUT2D eigenvalue weighted by Crippen LogP contribution is 2.27. The largest absolute Gasteiger partial charge is 0.462 e. The summed E-state index contributed by atoms with van der Waals surface area (Å²) in [5.74, 6) is -0.939. The number of fused-ring (bicyclic) bond motifs is 1. The van der Waals surface area contributed by atoms with Crippen LogP contribution in [0.25, 0.3) is 16.8 Å². The van der Waals surface area contributed by atoms with E-state index in [0.29, 0.717) is 11.2 Å². The van der Waals surface area contributed by atoms with E-state index >= 15 is 0 Å². The van der Waals surface area contributed by atoms with Gasteiger partial charge in [0.05, 0.1) is 34.0 Å². The maximum absolute atomic E-state index is 13.2. The summed E-state index contributed by atoms with van der Waals surface area (Å²) in [6.45, 7) is 3.87. The van der Waals surface area contributed by atoms with Gasteiger partial charge in [-0.3, -0.25) is 19.3 Å². The van der Waals surface area contributed by atoms with Crippen molar-refractivity contribution in [1.29, 1.82) is 0 Å². The first-order chi connectivity index (χ1) is 15.4. The van der Waals surface area contributed by atoms with Gasteiger partial charge in [-0.2, -0.15) is 0 Å². The molecule has 4 aromatic rings. The van der Waals surface area contributed by atoms with Crippen molar-refractivity contribution in [2.24, 2.45) is 0 Å². The van der Waals surface area contributed by atoms with Crippen LogP contribution >= 0.6 is 0 Å². The van der Waals surface area contributed by atoms with Gasteiger partial charge in [-0.1, -0.05) is 24.3 Å². The number of aromatic nitrogens is 2. The van der Waals surface area contributed by atoms with Crippen molar-refractivity contribution in [3.05, 3.63) is 99.5 Å². The molecule has 4 rings (SSSR count). The average molecular weight is 429 g/mol. The van der Waals surface area contributed by atoms with Gasteiger partial charge in [0.25, 0.3) is 5.69 Å². The summed E-state index contributed by atoms with van der Waals surface area (Å²) in [6.07, 6.45) is 1.50. The number of esters is 1. The first kappa shape index (κ1) is 20.9. The van der Waals surface area contributed by atoms with Gasteiger partial charge in [0.15, 0.2) is 0 Å². The van der Waals surface area contributed by atoms with Crippen LogP contribution in [0.1, 0.15) is 38.9 Å². The molecule has 0 amide bonds. The van der Waals surface area contributed by atoms with E-state index in [0.717, 1.165) is 11.1 Å². The van der Waals surface area contributed by atoms with E-state index in [1.807, 2.05) is 31.2 Å². The Bertz CT molecular complexity index is 1360. The molecule has 0 radical (unpaired) electrons. The number of hydrogen-bond acceptors (Lipinski definition) is 6.